The van der Waals surface area contributed by atoms with Crippen LogP contribution in [0.3, 0.4) is 0 Å². The number of rotatable bonds is 4. The quantitative estimate of drug-likeness (QED) is 0.606. The molecule has 0 saturated heterocycles. The van der Waals surface area contributed by atoms with Crippen molar-refractivity contribution < 1.29 is 38.1 Å². The molecule has 0 radical (unpaired) electrons. The van der Waals surface area contributed by atoms with Crippen molar-refractivity contribution in [3.05, 3.63) is 12.1 Å². The molecule has 0 aliphatic carbocycles. The maximum absolute atomic E-state index is 11.2. The number of hydrogen-bond acceptors (Lipinski definition) is 8. The Labute approximate surface area is 125 Å². The summed E-state index contributed by atoms with van der Waals surface area (Å²) >= 11 is 0. The molecule has 0 N–H and O–H groups in total. The fraction of sp³-hybridized carbons (Fsp3) is 0.286. The standard InChI is InChI=1S/C14H14O8/c1-7(15)19-11-5-12(20-8(2)16)14(22-10(4)18)13(6-11)21-9(3)17/h5-6H,1-4H3. The Morgan fingerprint density at radius 3 is 1.32 bits per heavy atom. The first-order valence-electron chi connectivity index (χ1n) is 6.10. The van der Waals surface area contributed by atoms with Crippen molar-refractivity contribution in [3.8, 4) is 23.0 Å². The van der Waals surface area contributed by atoms with E-state index in [0.29, 0.717) is 0 Å². The number of carbonyl (C=O) groups excluding carboxylic acids is 4. The monoisotopic (exact) mass is 310 g/mol. The van der Waals surface area contributed by atoms with Crippen molar-refractivity contribution in [1.29, 1.82) is 0 Å². The fourth-order valence-corrected chi connectivity index (χ4v) is 1.48. The molecular formula is C14H14O8. The van der Waals surface area contributed by atoms with E-state index < -0.39 is 23.9 Å². The van der Waals surface area contributed by atoms with Gasteiger partial charge in [-0.25, -0.2) is 0 Å². The zero-order chi connectivity index (χ0) is 16.9. The number of esters is 4. The first kappa shape index (κ1) is 17.2. The molecule has 1 aromatic rings. The van der Waals surface area contributed by atoms with Gasteiger partial charge >= 0.3 is 23.9 Å². The maximum atomic E-state index is 11.2. The molecule has 0 heterocycles. The second kappa shape index (κ2) is 7.21. The van der Waals surface area contributed by atoms with Gasteiger partial charge in [0.1, 0.15) is 5.75 Å². The summed E-state index contributed by atoms with van der Waals surface area (Å²) in [6.45, 7) is 4.54. The molecule has 0 amide bonds. The Balaban J connectivity index is 3.44. The number of benzene rings is 1. The molecule has 8 nitrogen and oxygen atoms in total. The normalized spacial score (nSPS) is 9.64. The molecule has 0 aliphatic heterocycles. The van der Waals surface area contributed by atoms with E-state index in [-0.39, 0.29) is 23.0 Å². The predicted octanol–water partition coefficient (Wildman–Crippen LogP) is 1.39. The van der Waals surface area contributed by atoms with Gasteiger partial charge in [-0.3, -0.25) is 19.2 Å². The van der Waals surface area contributed by atoms with Crippen LogP contribution in [0.5, 0.6) is 23.0 Å². The third kappa shape index (κ3) is 5.23. The van der Waals surface area contributed by atoms with Crippen molar-refractivity contribution in [1.82, 2.24) is 0 Å². The van der Waals surface area contributed by atoms with Crippen LogP contribution < -0.4 is 18.9 Å². The summed E-state index contributed by atoms with van der Waals surface area (Å²) in [5, 5.41) is 0. The predicted molar refractivity (Wildman–Crippen MR) is 71.7 cm³/mol. The van der Waals surface area contributed by atoms with Gasteiger partial charge in [-0.05, 0) is 0 Å². The van der Waals surface area contributed by atoms with Gasteiger partial charge in [0.2, 0.25) is 5.75 Å². The molecule has 0 fully saturated rings. The Morgan fingerprint density at radius 2 is 1.00 bits per heavy atom. The smallest absolute Gasteiger partial charge is 0.308 e. The van der Waals surface area contributed by atoms with Crippen molar-refractivity contribution in [2.75, 3.05) is 0 Å². The van der Waals surface area contributed by atoms with Crippen LogP contribution in [-0.2, 0) is 19.2 Å². The number of carbonyl (C=O) groups is 4. The lowest BCUT2D eigenvalue weighted by Gasteiger charge is -2.14. The highest BCUT2D eigenvalue weighted by Gasteiger charge is 2.21. The summed E-state index contributed by atoms with van der Waals surface area (Å²) in [4.78, 5) is 44.5. The van der Waals surface area contributed by atoms with Gasteiger partial charge < -0.3 is 18.9 Å². The number of ether oxygens (including phenoxy) is 4. The highest BCUT2D eigenvalue weighted by Crippen LogP contribution is 2.42. The first-order chi connectivity index (χ1) is 10.2. The molecule has 0 spiro atoms. The Kier molecular flexibility index (Phi) is 5.62. The molecule has 8 heteroatoms. The van der Waals surface area contributed by atoms with Crippen LogP contribution in [0.1, 0.15) is 27.7 Å². The van der Waals surface area contributed by atoms with Gasteiger partial charge in [-0.1, -0.05) is 0 Å². The third-order valence-corrected chi connectivity index (χ3v) is 2.01. The first-order valence-corrected chi connectivity index (χ1v) is 6.10. The lowest BCUT2D eigenvalue weighted by molar-refractivity contribution is -0.135. The summed E-state index contributed by atoms with van der Waals surface area (Å²) in [5.74, 6) is -3.53. The molecule has 1 aromatic carbocycles. The molecule has 22 heavy (non-hydrogen) atoms. The van der Waals surface area contributed by atoms with Crippen LogP contribution in [-0.4, -0.2) is 23.9 Å². The van der Waals surface area contributed by atoms with E-state index in [2.05, 4.69) is 0 Å². The van der Waals surface area contributed by atoms with Gasteiger partial charge in [0.05, 0.1) is 0 Å². The third-order valence-electron chi connectivity index (χ3n) is 2.01. The lowest BCUT2D eigenvalue weighted by atomic mass is 10.2. The summed E-state index contributed by atoms with van der Waals surface area (Å²) in [7, 11) is 0. The molecule has 0 aromatic heterocycles. The van der Waals surface area contributed by atoms with Gasteiger partial charge in [0, 0.05) is 39.8 Å². The number of hydrogen-bond donors (Lipinski definition) is 0. The van der Waals surface area contributed by atoms with E-state index in [9.17, 15) is 19.2 Å². The van der Waals surface area contributed by atoms with E-state index in [1.54, 1.807) is 0 Å². The van der Waals surface area contributed by atoms with Gasteiger partial charge in [0.25, 0.3) is 0 Å². The van der Waals surface area contributed by atoms with E-state index >= 15 is 0 Å². The largest absolute Gasteiger partial charge is 0.426 e. The minimum Gasteiger partial charge on any atom is -0.426 e. The fourth-order valence-electron chi connectivity index (χ4n) is 1.48. The minimum atomic E-state index is -0.720. The Bertz CT molecular complexity index is 595. The summed E-state index contributed by atoms with van der Waals surface area (Å²) < 4.78 is 19.5. The average molecular weight is 310 g/mol. The summed E-state index contributed by atoms with van der Waals surface area (Å²) in [6.07, 6.45) is 0. The van der Waals surface area contributed by atoms with E-state index in [1.165, 1.54) is 0 Å². The van der Waals surface area contributed by atoms with Crippen molar-refractivity contribution in [2.24, 2.45) is 0 Å². The van der Waals surface area contributed by atoms with E-state index in [1.807, 2.05) is 0 Å². The van der Waals surface area contributed by atoms with Gasteiger partial charge in [0.15, 0.2) is 11.5 Å². The summed E-state index contributed by atoms with van der Waals surface area (Å²) in [5.41, 5.74) is 0. The molecule has 0 aliphatic rings. The molecule has 118 valence electrons. The molecule has 0 atom stereocenters. The van der Waals surface area contributed by atoms with Crippen LogP contribution in [0.2, 0.25) is 0 Å². The highest BCUT2D eigenvalue weighted by molar-refractivity contribution is 5.79. The molecule has 0 bridgehead atoms. The van der Waals surface area contributed by atoms with Crippen molar-refractivity contribution >= 4 is 23.9 Å². The van der Waals surface area contributed by atoms with E-state index in [0.717, 1.165) is 39.8 Å². The van der Waals surface area contributed by atoms with Crippen LogP contribution in [0.15, 0.2) is 12.1 Å². The van der Waals surface area contributed by atoms with Crippen molar-refractivity contribution in [3.63, 3.8) is 0 Å². The molecule has 0 unspecified atom stereocenters. The second-order valence-electron chi connectivity index (χ2n) is 4.12. The Hall–Kier alpha value is -2.90. The molecule has 0 saturated carbocycles. The minimum absolute atomic E-state index is 0.0455. The highest BCUT2D eigenvalue weighted by atomic mass is 16.6. The SMILES string of the molecule is CC(=O)Oc1cc(OC(C)=O)c(OC(C)=O)c(OC(C)=O)c1. The van der Waals surface area contributed by atoms with Crippen LogP contribution in [0, 0.1) is 0 Å². The summed E-state index contributed by atoms with van der Waals surface area (Å²) in [6, 6.07) is 2.32. The van der Waals surface area contributed by atoms with Crippen LogP contribution in [0.25, 0.3) is 0 Å². The van der Waals surface area contributed by atoms with Crippen molar-refractivity contribution in [2.45, 2.75) is 27.7 Å². The van der Waals surface area contributed by atoms with E-state index in [4.69, 9.17) is 18.9 Å². The van der Waals surface area contributed by atoms with Gasteiger partial charge in [-0.15, -0.1) is 0 Å². The average Bonchev–Trinajstić information content (AvgIpc) is 2.30. The molecule has 1 rings (SSSR count). The Morgan fingerprint density at radius 1 is 0.636 bits per heavy atom. The lowest BCUT2D eigenvalue weighted by Crippen LogP contribution is -2.11. The zero-order valence-corrected chi connectivity index (χ0v) is 12.4. The van der Waals surface area contributed by atoms with Gasteiger partial charge in [-0.2, -0.15) is 0 Å². The topological polar surface area (TPSA) is 105 Å². The van der Waals surface area contributed by atoms with Crippen LogP contribution in [0.4, 0.5) is 0 Å². The molecular weight excluding hydrogens is 296 g/mol. The van der Waals surface area contributed by atoms with Crippen LogP contribution >= 0.6 is 0 Å². The zero-order valence-electron chi connectivity index (χ0n) is 12.4. The second-order valence-corrected chi connectivity index (χ2v) is 4.12. The maximum Gasteiger partial charge on any atom is 0.308 e.